The van der Waals surface area contributed by atoms with Crippen molar-refractivity contribution >= 4 is 34.8 Å². The average molecular weight is 380 g/mol. The van der Waals surface area contributed by atoms with E-state index in [0.29, 0.717) is 35.6 Å². The number of hydrogen-bond acceptors (Lipinski definition) is 4. The molecule has 0 N–H and O–H groups in total. The Balaban J connectivity index is 1.52. The molecule has 5 nitrogen and oxygen atoms in total. The van der Waals surface area contributed by atoms with Crippen molar-refractivity contribution in [3.63, 3.8) is 0 Å². The van der Waals surface area contributed by atoms with E-state index in [1.165, 1.54) is 0 Å². The fraction of sp³-hybridized carbons (Fsp3) is 0.278. The summed E-state index contributed by atoms with van der Waals surface area (Å²) < 4.78 is 17.1. The molecule has 2 aromatic rings. The van der Waals surface area contributed by atoms with Crippen molar-refractivity contribution in [3.8, 4) is 5.75 Å². The van der Waals surface area contributed by atoms with Crippen LogP contribution in [0.5, 0.6) is 5.75 Å². The van der Waals surface area contributed by atoms with Crippen LogP contribution in [-0.4, -0.2) is 32.3 Å². The Kier molecular flexibility index (Phi) is 4.33. The molecule has 1 fully saturated rings. The molecule has 2 aromatic carbocycles. The molecule has 0 aliphatic carbocycles. The van der Waals surface area contributed by atoms with E-state index in [1.54, 1.807) is 23.1 Å². The minimum atomic E-state index is -1.31. The van der Waals surface area contributed by atoms with Crippen LogP contribution in [0, 0.1) is 0 Å². The Labute approximate surface area is 155 Å². The molecule has 2 aliphatic heterocycles. The fourth-order valence-corrected chi connectivity index (χ4v) is 3.61. The van der Waals surface area contributed by atoms with Crippen LogP contribution in [0.25, 0.3) is 0 Å². The monoisotopic (exact) mass is 379 g/mol. The molecule has 1 amide bonds. The maximum Gasteiger partial charge on any atom is 0.292 e. The lowest BCUT2D eigenvalue weighted by Crippen LogP contribution is -2.42. The predicted octanol–water partition coefficient (Wildman–Crippen LogP) is 3.62. The minimum Gasteiger partial charge on any atom is -0.490 e. The van der Waals surface area contributed by atoms with Crippen molar-refractivity contribution in [2.24, 2.45) is 0 Å². The van der Waals surface area contributed by atoms with Crippen LogP contribution in [0.3, 0.4) is 0 Å². The van der Waals surface area contributed by atoms with E-state index in [2.05, 4.69) is 0 Å². The summed E-state index contributed by atoms with van der Waals surface area (Å²) in [5.41, 5.74) is 1.52. The smallest absolute Gasteiger partial charge is 0.292 e. The molecule has 2 heterocycles. The normalized spacial score (nSPS) is 18.0. The van der Waals surface area contributed by atoms with Gasteiger partial charge in [0.05, 0.1) is 30.5 Å². The second-order valence-electron chi connectivity index (χ2n) is 5.71. The summed E-state index contributed by atoms with van der Waals surface area (Å²) in [5.74, 6) is -1.01. The third-order valence-electron chi connectivity index (χ3n) is 4.24. The second kappa shape index (κ2) is 6.50. The zero-order valence-corrected chi connectivity index (χ0v) is 14.7. The number of carbonyl (C=O) groups excluding carboxylic acids is 1. The molecule has 1 spiro atoms. The number of rotatable bonds is 4. The quantitative estimate of drug-likeness (QED) is 0.813. The SMILES string of the molecule is O=C1N(CCOc2ccc(Cl)cc2Cl)c2ccccc2C12OCCO2. The summed E-state index contributed by atoms with van der Waals surface area (Å²) in [4.78, 5) is 14.5. The molecule has 0 aromatic heterocycles. The number of nitrogens with zero attached hydrogens (tertiary/aromatic N) is 1. The van der Waals surface area contributed by atoms with Gasteiger partial charge in [0.25, 0.3) is 11.7 Å². The number of para-hydroxylation sites is 1. The minimum absolute atomic E-state index is 0.225. The van der Waals surface area contributed by atoms with Crippen molar-refractivity contribution in [1.82, 2.24) is 0 Å². The average Bonchev–Trinajstić information content (AvgIpc) is 3.18. The summed E-state index contributed by atoms with van der Waals surface area (Å²) in [6.07, 6.45) is 0. The van der Waals surface area contributed by atoms with Gasteiger partial charge in [-0.1, -0.05) is 41.4 Å². The molecule has 0 unspecified atom stereocenters. The Morgan fingerprint density at radius 3 is 2.64 bits per heavy atom. The van der Waals surface area contributed by atoms with Gasteiger partial charge in [0.1, 0.15) is 12.4 Å². The number of ether oxygens (including phenoxy) is 3. The van der Waals surface area contributed by atoms with Crippen LogP contribution in [0.15, 0.2) is 42.5 Å². The highest BCUT2D eigenvalue weighted by Gasteiger charge is 2.55. The van der Waals surface area contributed by atoms with Crippen molar-refractivity contribution in [2.45, 2.75) is 5.79 Å². The number of amides is 1. The molecule has 0 saturated carbocycles. The van der Waals surface area contributed by atoms with Crippen LogP contribution in [0.2, 0.25) is 10.0 Å². The number of carbonyl (C=O) groups is 1. The Hall–Kier alpha value is -1.79. The van der Waals surface area contributed by atoms with Crippen molar-refractivity contribution in [2.75, 3.05) is 31.3 Å². The van der Waals surface area contributed by atoms with Crippen molar-refractivity contribution in [3.05, 3.63) is 58.1 Å². The van der Waals surface area contributed by atoms with Gasteiger partial charge in [-0.3, -0.25) is 4.79 Å². The summed E-state index contributed by atoms with van der Waals surface area (Å²) in [6.45, 7) is 1.41. The standard InChI is InChI=1S/C18H15Cl2NO4/c19-12-5-6-16(14(20)11-12)23-8-7-21-15-4-2-1-3-13(15)18(17(21)22)24-9-10-25-18/h1-6,11H,7-10H2. The molecule has 25 heavy (non-hydrogen) atoms. The highest BCUT2D eigenvalue weighted by atomic mass is 35.5. The van der Waals surface area contributed by atoms with Gasteiger partial charge < -0.3 is 19.1 Å². The fourth-order valence-electron chi connectivity index (χ4n) is 3.14. The predicted molar refractivity (Wildman–Crippen MR) is 94.3 cm³/mol. The molecular weight excluding hydrogens is 365 g/mol. The zero-order chi connectivity index (χ0) is 17.4. The lowest BCUT2D eigenvalue weighted by molar-refractivity contribution is -0.180. The van der Waals surface area contributed by atoms with Gasteiger partial charge in [-0.15, -0.1) is 0 Å². The first kappa shape index (κ1) is 16.7. The maximum absolute atomic E-state index is 12.9. The molecular formula is C18H15Cl2NO4. The third kappa shape index (κ3) is 2.77. The van der Waals surface area contributed by atoms with Crippen LogP contribution >= 0.6 is 23.2 Å². The van der Waals surface area contributed by atoms with Crippen molar-refractivity contribution in [1.29, 1.82) is 0 Å². The van der Waals surface area contributed by atoms with Gasteiger partial charge in [0, 0.05) is 10.6 Å². The molecule has 130 valence electrons. The van der Waals surface area contributed by atoms with Gasteiger partial charge in [0.15, 0.2) is 0 Å². The molecule has 0 bridgehead atoms. The topological polar surface area (TPSA) is 48.0 Å². The van der Waals surface area contributed by atoms with E-state index in [1.807, 2.05) is 24.3 Å². The van der Waals surface area contributed by atoms with E-state index in [-0.39, 0.29) is 12.5 Å². The van der Waals surface area contributed by atoms with Gasteiger partial charge in [0.2, 0.25) is 0 Å². The molecule has 7 heteroatoms. The lowest BCUT2D eigenvalue weighted by atomic mass is 10.1. The molecule has 0 atom stereocenters. The highest BCUT2D eigenvalue weighted by Crippen LogP contribution is 2.45. The third-order valence-corrected chi connectivity index (χ3v) is 4.77. The first-order chi connectivity index (χ1) is 12.1. The number of halogens is 2. The summed E-state index contributed by atoms with van der Waals surface area (Å²) in [7, 11) is 0. The second-order valence-corrected chi connectivity index (χ2v) is 6.55. The summed E-state index contributed by atoms with van der Waals surface area (Å²) >= 11 is 12.0. The van der Waals surface area contributed by atoms with Crippen molar-refractivity contribution < 1.29 is 19.0 Å². The first-order valence-corrected chi connectivity index (χ1v) is 8.65. The van der Waals surface area contributed by atoms with Crippen LogP contribution < -0.4 is 9.64 Å². The van der Waals surface area contributed by atoms with Gasteiger partial charge in [-0.25, -0.2) is 0 Å². The van der Waals surface area contributed by atoms with Gasteiger partial charge in [-0.2, -0.15) is 0 Å². The van der Waals surface area contributed by atoms with Gasteiger partial charge in [-0.05, 0) is 24.3 Å². The van der Waals surface area contributed by atoms with E-state index >= 15 is 0 Å². The van der Waals surface area contributed by atoms with E-state index in [0.717, 1.165) is 11.3 Å². The Bertz CT molecular complexity index is 820. The van der Waals surface area contributed by atoms with Crippen LogP contribution in [0.4, 0.5) is 5.69 Å². The largest absolute Gasteiger partial charge is 0.490 e. The molecule has 4 rings (SSSR count). The lowest BCUT2D eigenvalue weighted by Gasteiger charge is -2.22. The number of benzene rings is 2. The molecule has 0 radical (unpaired) electrons. The summed E-state index contributed by atoms with van der Waals surface area (Å²) in [5, 5.41) is 0.970. The first-order valence-electron chi connectivity index (χ1n) is 7.89. The Morgan fingerprint density at radius 1 is 1.12 bits per heavy atom. The summed E-state index contributed by atoms with van der Waals surface area (Å²) in [6, 6.07) is 12.5. The molecule has 1 saturated heterocycles. The van der Waals surface area contributed by atoms with E-state index in [4.69, 9.17) is 37.4 Å². The Morgan fingerprint density at radius 2 is 1.88 bits per heavy atom. The maximum atomic E-state index is 12.9. The number of hydrogen-bond donors (Lipinski definition) is 0. The van der Waals surface area contributed by atoms with Crippen LogP contribution in [-0.2, 0) is 20.1 Å². The molecule has 2 aliphatic rings. The van der Waals surface area contributed by atoms with Gasteiger partial charge >= 0.3 is 0 Å². The van der Waals surface area contributed by atoms with E-state index in [9.17, 15) is 4.79 Å². The zero-order valence-electron chi connectivity index (χ0n) is 13.2. The highest BCUT2D eigenvalue weighted by molar-refractivity contribution is 6.35. The van der Waals surface area contributed by atoms with Crippen LogP contribution in [0.1, 0.15) is 5.56 Å². The van der Waals surface area contributed by atoms with E-state index < -0.39 is 5.79 Å². The number of anilines is 1. The number of fused-ring (bicyclic) bond motifs is 2.